The van der Waals surface area contributed by atoms with Gasteiger partial charge in [0.2, 0.25) is 0 Å². The number of aliphatic hydroxyl groups is 1. The summed E-state index contributed by atoms with van der Waals surface area (Å²) >= 11 is 5.92. The first-order valence-electron chi connectivity index (χ1n) is 6.31. The van der Waals surface area contributed by atoms with Gasteiger partial charge in [-0.05, 0) is 43.2 Å². The van der Waals surface area contributed by atoms with Crippen LogP contribution in [0.1, 0.15) is 22.8 Å². The average Bonchev–Trinajstić information content (AvgIpc) is 2.36. The minimum Gasteiger partial charge on any atom is -0.387 e. The summed E-state index contributed by atoms with van der Waals surface area (Å²) in [6.45, 7) is 4.53. The Bertz CT molecular complexity index is 568. The van der Waals surface area contributed by atoms with Gasteiger partial charge < -0.3 is 10.4 Å². The first-order valence-corrected chi connectivity index (χ1v) is 6.69. The van der Waals surface area contributed by atoms with Crippen molar-refractivity contribution in [2.45, 2.75) is 20.0 Å². The zero-order chi connectivity index (χ0) is 13.8. The highest BCUT2D eigenvalue weighted by Gasteiger charge is 2.10. The lowest BCUT2D eigenvalue weighted by Crippen LogP contribution is -2.13. The minimum absolute atomic E-state index is 0.463. The number of hydrogen-bond acceptors (Lipinski definition) is 2. The van der Waals surface area contributed by atoms with Crippen LogP contribution in [0.4, 0.5) is 5.69 Å². The molecule has 0 saturated carbocycles. The fraction of sp³-hybridized carbons (Fsp3) is 0.250. The van der Waals surface area contributed by atoms with Crippen LogP contribution in [0.3, 0.4) is 0 Å². The van der Waals surface area contributed by atoms with Gasteiger partial charge >= 0.3 is 0 Å². The van der Waals surface area contributed by atoms with E-state index in [0.29, 0.717) is 11.6 Å². The maximum Gasteiger partial charge on any atom is 0.0964 e. The highest BCUT2D eigenvalue weighted by molar-refractivity contribution is 6.30. The molecule has 0 fully saturated rings. The van der Waals surface area contributed by atoms with Gasteiger partial charge in [-0.3, -0.25) is 0 Å². The second-order valence-corrected chi connectivity index (χ2v) is 5.20. The SMILES string of the molecule is Cc1ccc(C(O)CNc2cccc(Cl)c2)c(C)c1. The molecule has 0 amide bonds. The first-order chi connectivity index (χ1) is 9.06. The molecule has 0 saturated heterocycles. The number of anilines is 1. The maximum absolute atomic E-state index is 10.2. The molecule has 100 valence electrons. The van der Waals surface area contributed by atoms with Crippen molar-refractivity contribution in [3.63, 3.8) is 0 Å². The van der Waals surface area contributed by atoms with Crippen LogP contribution < -0.4 is 5.32 Å². The van der Waals surface area contributed by atoms with E-state index >= 15 is 0 Å². The van der Waals surface area contributed by atoms with Crippen LogP contribution in [0, 0.1) is 13.8 Å². The Morgan fingerprint density at radius 1 is 1.16 bits per heavy atom. The van der Waals surface area contributed by atoms with Gasteiger partial charge in [0.05, 0.1) is 6.10 Å². The summed E-state index contributed by atoms with van der Waals surface area (Å²) in [5, 5.41) is 14.1. The number of aryl methyl sites for hydroxylation is 2. The molecule has 0 aliphatic rings. The monoisotopic (exact) mass is 275 g/mol. The van der Waals surface area contributed by atoms with E-state index in [1.165, 1.54) is 5.56 Å². The lowest BCUT2D eigenvalue weighted by atomic mass is 10.0. The van der Waals surface area contributed by atoms with Crippen molar-refractivity contribution < 1.29 is 5.11 Å². The Labute approximate surface area is 119 Å². The summed E-state index contributed by atoms with van der Waals surface area (Å²) in [6, 6.07) is 13.6. The average molecular weight is 276 g/mol. The lowest BCUT2D eigenvalue weighted by Gasteiger charge is -2.16. The largest absolute Gasteiger partial charge is 0.387 e. The molecule has 0 heterocycles. The molecule has 0 aliphatic heterocycles. The predicted molar refractivity (Wildman–Crippen MR) is 80.8 cm³/mol. The number of hydrogen-bond donors (Lipinski definition) is 2. The van der Waals surface area contributed by atoms with Gasteiger partial charge in [0, 0.05) is 17.3 Å². The van der Waals surface area contributed by atoms with Crippen LogP contribution in [0.15, 0.2) is 42.5 Å². The number of benzene rings is 2. The molecule has 3 heteroatoms. The number of aliphatic hydroxyl groups excluding tert-OH is 1. The van der Waals surface area contributed by atoms with E-state index < -0.39 is 6.10 Å². The van der Waals surface area contributed by atoms with Crippen LogP contribution in [-0.2, 0) is 0 Å². The van der Waals surface area contributed by atoms with Gasteiger partial charge in [0.1, 0.15) is 0 Å². The van der Waals surface area contributed by atoms with Crippen molar-refractivity contribution in [1.82, 2.24) is 0 Å². The predicted octanol–water partition coefficient (Wildman–Crippen LogP) is 4.10. The Morgan fingerprint density at radius 3 is 2.63 bits per heavy atom. The molecule has 0 radical (unpaired) electrons. The topological polar surface area (TPSA) is 32.3 Å². The highest BCUT2D eigenvalue weighted by Crippen LogP contribution is 2.20. The maximum atomic E-state index is 10.2. The molecule has 2 aromatic rings. The molecule has 0 aromatic heterocycles. The quantitative estimate of drug-likeness (QED) is 0.880. The van der Waals surface area contributed by atoms with Crippen molar-refractivity contribution in [3.8, 4) is 0 Å². The van der Waals surface area contributed by atoms with Crippen LogP contribution in [0.5, 0.6) is 0 Å². The zero-order valence-electron chi connectivity index (χ0n) is 11.2. The molecule has 2 N–H and O–H groups in total. The summed E-state index contributed by atoms with van der Waals surface area (Å²) in [5.41, 5.74) is 4.19. The van der Waals surface area contributed by atoms with Crippen LogP contribution in [0.2, 0.25) is 5.02 Å². The summed E-state index contributed by atoms with van der Waals surface area (Å²) < 4.78 is 0. The van der Waals surface area contributed by atoms with E-state index in [9.17, 15) is 5.11 Å². The second-order valence-electron chi connectivity index (χ2n) is 4.77. The molecule has 2 rings (SSSR count). The van der Waals surface area contributed by atoms with E-state index in [1.54, 1.807) is 0 Å². The van der Waals surface area contributed by atoms with Crippen LogP contribution >= 0.6 is 11.6 Å². The van der Waals surface area contributed by atoms with E-state index in [0.717, 1.165) is 16.8 Å². The van der Waals surface area contributed by atoms with E-state index in [4.69, 9.17) is 11.6 Å². The second kappa shape index (κ2) is 6.09. The zero-order valence-corrected chi connectivity index (χ0v) is 11.9. The van der Waals surface area contributed by atoms with Crippen molar-refractivity contribution in [3.05, 3.63) is 64.2 Å². The normalized spacial score (nSPS) is 12.2. The molecule has 19 heavy (non-hydrogen) atoms. The van der Waals surface area contributed by atoms with E-state index in [1.807, 2.05) is 50.2 Å². The molecular weight excluding hydrogens is 258 g/mol. The Hall–Kier alpha value is -1.51. The fourth-order valence-electron chi connectivity index (χ4n) is 2.12. The molecule has 0 spiro atoms. The Kier molecular flexibility index (Phi) is 4.46. The van der Waals surface area contributed by atoms with Gasteiger partial charge in [-0.25, -0.2) is 0 Å². The van der Waals surface area contributed by atoms with E-state index in [-0.39, 0.29) is 0 Å². The number of nitrogens with one attached hydrogen (secondary N) is 1. The minimum atomic E-state index is -0.528. The molecule has 0 aliphatic carbocycles. The van der Waals surface area contributed by atoms with Crippen molar-refractivity contribution in [1.29, 1.82) is 0 Å². The first kappa shape index (κ1) is 13.9. The van der Waals surface area contributed by atoms with Gasteiger partial charge in [-0.1, -0.05) is 41.4 Å². The standard InChI is InChI=1S/C16H18ClNO/c1-11-6-7-15(12(2)8-11)16(19)10-18-14-5-3-4-13(17)9-14/h3-9,16,18-19H,10H2,1-2H3. The van der Waals surface area contributed by atoms with Gasteiger partial charge in [0.15, 0.2) is 0 Å². The summed E-state index contributed by atoms with van der Waals surface area (Å²) in [5.74, 6) is 0. The van der Waals surface area contributed by atoms with Crippen LogP contribution in [-0.4, -0.2) is 11.7 Å². The molecular formula is C16H18ClNO. The van der Waals surface area contributed by atoms with E-state index in [2.05, 4.69) is 11.4 Å². The van der Waals surface area contributed by atoms with Gasteiger partial charge in [0.25, 0.3) is 0 Å². The fourth-order valence-corrected chi connectivity index (χ4v) is 2.31. The van der Waals surface area contributed by atoms with Crippen LogP contribution in [0.25, 0.3) is 0 Å². The molecule has 1 unspecified atom stereocenters. The summed E-state index contributed by atoms with van der Waals surface area (Å²) in [4.78, 5) is 0. The highest BCUT2D eigenvalue weighted by atomic mass is 35.5. The molecule has 0 bridgehead atoms. The smallest absolute Gasteiger partial charge is 0.0964 e. The number of halogens is 1. The third-order valence-electron chi connectivity index (χ3n) is 3.11. The van der Waals surface area contributed by atoms with Gasteiger partial charge in [-0.15, -0.1) is 0 Å². The summed E-state index contributed by atoms with van der Waals surface area (Å²) in [6.07, 6.45) is -0.528. The van der Waals surface area contributed by atoms with Gasteiger partial charge in [-0.2, -0.15) is 0 Å². The summed E-state index contributed by atoms with van der Waals surface area (Å²) in [7, 11) is 0. The lowest BCUT2D eigenvalue weighted by molar-refractivity contribution is 0.191. The molecule has 2 nitrogen and oxygen atoms in total. The van der Waals surface area contributed by atoms with Crippen molar-refractivity contribution >= 4 is 17.3 Å². The van der Waals surface area contributed by atoms with Crippen molar-refractivity contribution in [2.24, 2.45) is 0 Å². The van der Waals surface area contributed by atoms with Crippen molar-refractivity contribution in [2.75, 3.05) is 11.9 Å². The third kappa shape index (κ3) is 3.72. The third-order valence-corrected chi connectivity index (χ3v) is 3.34. The Morgan fingerprint density at radius 2 is 1.95 bits per heavy atom. The molecule has 1 atom stereocenters. The molecule has 2 aromatic carbocycles. The Balaban J connectivity index is 2.03. The number of rotatable bonds is 4.